The zero-order valence-corrected chi connectivity index (χ0v) is 10.7. The standard InChI is InChI=1S/C15H20N2/c1-12(2)9-10-17(14-7-8-14)15-6-4-3-5-13(15)11-16/h3-6,12,14H,7-10H2,1-2H3. The normalized spacial score (nSPS) is 14.7. The number of nitriles is 1. The number of rotatable bonds is 5. The summed E-state index contributed by atoms with van der Waals surface area (Å²) in [6.07, 6.45) is 3.74. The van der Waals surface area contributed by atoms with Crippen LogP contribution < -0.4 is 4.90 Å². The van der Waals surface area contributed by atoms with Crippen LogP contribution in [0, 0.1) is 17.2 Å². The molecule has 2 rings (SSSR count). The first-order valence-electron chi connectivity index (χ1n) is 6.48. The molecule has 17 heavy (non-hydrogen) atoms. The topological polar surface area (TPSA) is 27.0 Å². The molecule has 1 aliphatic rings. The summed E-state index contributed by atoms with van der Waals surface area (Å²) in [5, 5.41) is 9.17. The maximum absolute atomic E-state index is 9.17. The average Bonchev–Trinajstić information content (AvgIpc) is 3.14. The van der Waals surface area contributed by atoms with E-state index in [1.165, 1.54) is 19.3 Å². The minimum atomic E-state index is 0.670. The molecule has 0 amide bonds. The van der Waals surface area contributed by atoms with Gasteiger partial charge in [-0.1, -0.05) is 26.0 Å². The summed E-state index contributed by atoms with van der Waals surface area (Å²) >= 11 is 0. The molecule has 1 fully saturated rings. The average molecular weight is 228 g/mol. The number of para-hydroxylation sites is 1. The van der Waals surface area contributed by atoms with Crippen molar-refractivity contribution in [2.45, 2.75) is 39.2 Å². The van der Waals surface area contributed by atoms with Crippen LogP contribution >= 0.6 is 0 Å². The predicted molar refractivity (Wildman–Crippen MR) is 71.0 cm³/mol. The van der Waals surface area contributed by atoms with Crippen LogP contribution in [0.1, 0.15) is 38.7 Å². The van der Waals surface area contributed by atoms with Gasteiger partial charge in [0.15, 0.2) is 0 Å². The van der Waals surface area contributed by atoms with Crippen molar-refractivity contribution >= 4 is 5.69 Å². The Morgan fingerprint density at radius 1 is 1.35 bits per heavy atom. The van der Waals surface area contributed by atoms with Gasteiger partial charge in [-0.3, -0.25) is 0 Å². The van der Waals surface area contributed by atoms with Crippen LogP contribution in [0.4, 0.5) is 5.69 Å². The number of nitrogens with zero attached hydrogens (tertiary/aromatic N) is 2. The highest BCUT2D eigenvalue weighted by atomic mass is 15.2. The Bertz CT molecular complexity index is 413. The number of anilines is 1. The fourth-order valence-electron chi connectivity index (χ4n) is 2.10. The molecule has 1 aromatic rings. The molecule has 1 aromatic carbocycles. The number of hydrogen-bond acceptors (Lipinski definition) is 2. The van der Waals surface area contributed by atoms with Gasteiger partial charge >= 0.3 is 0 Å². The Morgan fingerprint density at radius 3 is 2.65 bits per heavy atom. The van der Waals surface area contributed by atoms with Gasteiger partial charge in [0.25, 0.3) is 0 Å². The first kappa shape index (κ1) is 12.0. The van der Waals surface area contributed by atoms with Crippen LogP contribution in [-0.2, 0) is 0 Å². The van der Waals surface area contributed by atoms with Crippen LogP contribution in [0.3, 0.4) is 0 Å². The van der Waals surface area contributed by atoms with Gasteiger partial charge in [-0.05, 0) is 37.3 Å². The van der Waals surface area contributed by atoms with E-state index >= 15 is 0 Å². The van der Waals surface area contributed by atoms with Gasteiger partial charge in [0, 0.05) is 12.6 Å². The monoisotopic (exact) mass is 228 g/mol. The molecule has 1 saturated carbocycles. The van der Waals surface area contributed by atoms with Crippen LogP contribution in [0.15, 0.2) is 24.3 Å². The van der Waals surface area contributed by atoms with E-state index in [1.807, 2.05) is 18.2 Å². The van der Waals surface area contributed by atoms with E-state index in [1.54, 1.807) is 0 Å². The van der Waals surface area contributed by atoms with Crippen molar-refractivity contribution in [2.75, 3.05) is 11.4 Å². The number of benzene rings is 1. The second-order valence-corrected chi connectivity index (χ2v) is 5.24. The van der Waals surface area contributed by atoms with Crippen LogP contribution in [0.25, 0.3) is 0 Å². The Morgan fingerprint density at radius 2 is 2.06 bits per heavy atom. The summed E-state index contributed by atoms with van der Waals surface area (Å²) < 4.78 is 0. The fraction of sp³-hybridized carbons (Fsp3) is 0.533. The van der Waals surface area contributed by atoms with E-state index in [-0.39, 0.29) is 0 Å². The van der Waals surface area contributed by atoms with E-state index in [0.717, 1.165) is 17.8 Å². The van der Waals surface area contributed by atoms with Gasteiger partial charge in [0.2, 0.25) is 0 Å². The maximum Gasteiger partial charge on any atom is 0.101 e. The van der Waals surface area contributed by atoms with Gasteiger partial charge in [-0.2, -0.15) is 5.26 Å². The quantitative estimate of drug-likeness (QED) is 0.770. The smallest absolute Gasteiger partial charge is 0.101 e. The zero-order chi connectivity index (χ0) is 12.3. The lowest BCUT2D eigenvalue weighted by molar-refractivity contribution is 0.570. The van der Waals surface area contributed by atoms with Gasteiger partial charge in [-0.15, -0.1) is 0 Å². The van der Waals surface area contributed by atoms with Crippen LogP contribution in [0.2, 0.25) is 0 Å². The summed E-state index contributed by atoms with van der Waals surface area (Å²) in [7, 11) is 0. The first-order chi connectivity index (χ1) is 8.22. The van der Waals surface area contributed by atoms with E-state index in [4.69, 9.17) is 0 Å². The highest BCUT2D eigenvalue weighted by Crippen LogP contribution is 2.33. The van der Waals surface area contributed by atoms with Crippen molar-refractivity contribution in [1.82, 2.24) is 0 Å². The third kappa shape index (κ3) is 3.00. The van der Waals surface area contributed by atoms with Crippen molar-refractivity contribution in [3.63, 3.8) is 0 Å². The molecule has 0 saturated heterocycles. The second kappa shape index (κ2) is 5.23. The maximum atomic E-state index is 9.17. The number of hydrogen-bond donors (Lipinski definition) is 0. The van der Waals surface area contributed by atoms with Crippen LogP contribution in [-0.4, -0.2) is 12.6 Å². The molecule has 0 unspecified atom stereocenters. The highest BCUT2D eigenvalue weighted by Gasteiger charge is 2.30. The lowest BCUT2D eigenvalue weighted by Gasteiger charge is -2.26. The lowest BCUT2D eigenvalue weighted by atomic mass is 10.1. The Labute approximate surface area is 104 Å². The molecule has 0 aliphatic heterocycles. The first-order valence-corrected chi connectivity index (χ1v) is 6.48. The summed E-state index contributed by atoms with van der Waals surface area (Å²) in [5.41, 5.74) is 1.93. The predicted octanol–water partition coefficient (Wildman–Crippen LogP) is 3.57. The molecule has 2 nitrogen and oxygen atoms in total. The van der Waals surface area contributed by atoms with E-state index in [0.29, 0.717) is 12.0 Å². The zero-order valence-electron chi connectivity index (χ0n) is 10.7. The third-order valence-corrected chi connectivity index (χ3v) is 3.27. The summed E-state index contributed by atoms with van der Waals surface area (Å²) in [6.45, 7) is 5.57. The Kier molecular flexibility index (Phi) is 3.68. The van der Waals surface area contributed by atoms with Gasteiger partial charge in [0.1, 0.15) is 6.07 Å². The highest BCUT2D eigenvalue weighted by molar-refractivity contribution is 5.60. The van der Waals surface area contributed by atoms with Crippen molar-refractivity contribution in [2.24, 2.45) is 5.92 Å². The Balaban J connectivity index is 2.17. The van der Waals surface area contributed by atoms with Gasteiger partial charge in [-0.25, -0.2) is 0 Å². The molecule has 2 heteroatoms. The molecule has 90 valence electrons. The molecule has 0 bridgehead atoms. The molecule has 0 N–H and O–H groups in total. The Hall–Kier alpha value is -1.49. The fourth-order valence-corrected chi connectivity index (χ4v) is 2.10. The van der Waals surface area contributed by atoms with Crippen molar-refractivity contribution in [1.29, 1.82) is 5.26 Å². The summed E-state index contributed by atoms with van der Waals surface area (Å²) in [6, 6.07) is 10.9. The van der Waals surface area contributed by atoms with Crippen LogP contribution in [0.5, 0.6) is 0 Å². The largest absolute Gasteiger partial charge is 0.367 e. The molecule has 0 atom stereocenters. The summed E-state index contributed by atoms with van der Waals surface area (Å²) in [4.78, 5) is 2.43. The molecular formula is C15H20N2. The SMILES string of the molecule is CC(C)CCN(c1ccccc1C#N)C1CC1. The minimum Gasteiger partial charge on any atom is -0.367 e. The lowest BCUT2D eigenvalue weighted by Crippen LogP contribution is -2.28. The molecule has 0 spiro atoms. The minimum absolute atomic E-state index is 0.670. The van der Waals surface area contributed by atoms with Crippen molar-refractivity contribution in [3.8, 4) is 6.07 Å². The van der Waals surface area contributed by atoms with Crippen molar-refractivity contribution in [3.05, 3.63) is 29.8 Å². The molecule has 1 aliphatic carbocycles. The van der Waals surface area contributed by atoms with E-state index in [9.17, 15) is 5.26 Å². The van der Waals surface area contributed by atoms with Gasteiger partial charge in [0.05, 0.1) is 11.3 Å². The van der Waals surface area contributed by atoms with Crippen molar-refractivity contribution < 1.29 is 0 Å². The second-order valence-electron chi connectivity index (χ2n) is 5.24. The molecular weight excluding hydrogens is 208 g/mol. The third-order valence-electron chi connectivity index (χ3n) is 3.27. The summed E-state index contributed by atoms with van der Waals surface area (Å²) in [5.74, 6) is 0.713. The molecule has 0 aromatic heterocycles. The van der Waals surface area contributed by atoms with E-state index in [2.05, 4.69) is 30.9 Å². The van der Waals surface area contributed by atoms with Gasteiger partial charge < -0.3 is 4.90 Å². The molecule has 0 heterocycles. The molecule has 0 radical (unpaired) electrons. The van der Waals surface area contributed by atoms with E-state index < -0.39 is 0 Å².